The molecule has 1 aliphatic heterocycles. The standard InChI is InChI=1S/C14H18N2O2/c17-14(18-12-6-7-12)16-9-8-15-10-13(16)11-4-2-1-3-5-11/h1-5,12-13,15H,6-10H2. The lowest BCUT2D eigenvalue weighted by molar-refractivity contribution is 0.0718. The lowest BCUT2D eigenvalue weighted by Gasteiger charge is -2.35. The van der Waals surface area contributed by atoms with Crippen LogP contribution in [0, 0.1) is 0 Å². The van der Waals surface area contributed by atoms with E-state index in [4.69, 9.17) is 4.74 Å². The van der Waals surface area contributed by atoms with E-state index < -0.39 is 0 Å². The summed E-state index contributed by atoms with van der Waals surface area (Å²) in [6, 6.07) is 10.2. The van der Waals surface area contributed by atoms with Gasteiger partial charge in [-0.15, -0.1) is 0 Å². The van der Waals surface area contributed by atoms with Crippen molar-refractivity contribution >= 4 is 6.09 Å². The van der Waals surface area contributed by atoms with E-state index in [1.807, 2.05) is 23.1 Å². The van der Waals surface area contributed by atoms with Gasteiger partial charge in [-0.25, -0.2) is 4.79 Å². The number of amides is 1. The van der Waals surface area contributed by atoms with Gasteiger partial charge in [0.2, 0.25) is 0 Å². The average Bonchev–Trinajstić information content (AvgIpc) is 3.24. The first-order valence-corrected chi connectivity index (χ1v) is 6.57. The molecule has 0 spiro atoms. The van der Waals surface area contributed by atoms with E-state index in [9.17, 15) is 4.79 Å². The third kappa shape index (κ3) is 2.48. The Morgan fingerprint density at radius 1 is 1.28 bits per heavy atom. The molecule has 1 aromatic rings. The summed E-state index contributed by atoms with van der Waals surface area (Å²) in [4.78, 5) is 14.0. The van der Waals surface area contributed by atoms with E-state index in [2.05, 4.69) is 17.4 Å². The molecular weight excluding hydrogens is 228 g/mol. The molecule has 4 nitrogen and oxygen atoms in total. The predicted octanol–water partition coefficient (Wildman–Crippen LogP) is 1.93. The predicted molar refractivity (Wildman–Crippen MR) is 68.3 cm³/mol. The zero-order chi connectivity index (χ0) is 12.4. The fraction of sp³-hybridized carbons (Fsp3) is 0.500. The van der Waals surface area contributed by atoms with Gasteiger partial charge in [-0.2, -0.15) is 0 Å². The minimum atomic E-state index is -0.159. The van der Waals surface area contributed by atoms with Crippen molar-refractivity contribution in [1.82, 2.24) is 10.2 Å². The van der Waals surface area contributed by atoms with Crippen molar-refractivity contribution < 1.29 is 9.53 Å². The van der Waals surface area contributed by atoms with Gasteiger partial charge >= 0.3 is 6.09 Å². The molecule has 96 valence electrons. The smallest absolute Gasteiger partial charge is 0.410 e. The normalized spacial score (nSPS) is 23.8. The molecule has 18 heavy (non-hydrogen) atoms. The summed E-state index contributed by atoms with van der Waals surface area (Å²) < 4.78 is 5.41. The maximum absolute atomic E-state index is 12.1. The van der Waals surface area contributed by atoms with Gasteiger partial charge < -0.3 is 10.1 Å². The first-order chi connectivity index (χ1) is 8.84. The lowest BCUT2D eigenvalue weighted by atomic mass is 10.0. The van der Waals surface area contributed by atoms with Crippen molar-refractivity contribution in [2.24, 2.45) is 0 Å². The van der Waals surface area contributed by atoms with E-state index in [1.165, 1.54) is 0 Å². The van der Waals surface area contributed by atoms with Crippen LogP contribution in [0.5, 0.6) is 0 Å². The van der Waals surface area contributed by atoms with Crippen LogP contribution in [0.3, 0.4) is 0 Å². The summed E-state index contributed by atoms with van der Waals surface area (Å²) in [5.74, 6) is 0. The fourth-order valence-corrected chi connectivity index (χ4v) is 2.29. The molecular formula is C14H18N2O2. The van der Waals surface area contributed by atoms with E-state index in [0.717, 1.165) is 31.5 Å². The number of nitrogens with one attached hydrogen (secondary N) is 1. The summed E-state index contributed by atoms with van der Waals surface area (Å²) in [5.41, 5.74) is 1.16. The lowest BCUT2D eigenvalue weighted by Crippen LogP contribution is -2.49. The van der Waals surface area contributed by atoms with E-state index in [0.29, 0.717) is 6.54 Å². The van der Waals surface area contributed by atoms with Crippen molar-refractivity contribution in [3.05, 3.63) is 35.9 Å². The van der Waals surface area contributed by atoms with Crippen LogP contribution in [-0.2, 0) is 4.74 Å². The van der Waals surface area contributed by atoms with Gasteiger partial charge in [0.1, 0.15) is 6.10 Å². The van der Waals surface area contributed by atoms with Crippen molar-refractivity contribution in [1.29, 1.82) is 0 Å². The van der Waals surface area contributed by atoms with Crippen molar-refractivity contribution in [2.75, 3.05) is 19.6 Å². The van der Waals surface area contributed by atoms with Crippen molar-refractivity contribution in [2.45, 2.75) is 25.0 Å². The van der Waals surface area contributed by atoms with Crippen LogP contribution in [0.25, 0.3) is 0 Å². The minimum Gasteiger partial charge on any atom is -0.446 e. The molecule has 0 radical (unpaired) electrons. The average molecular weight is 246 g/mol. The number of piperazine rings is 1. The van der Waals surface area contributed by atoms with Crippen molar-refractivity contribution in [3.8, 4) is 0 Å². The van der Waals surface area contributed by atoms with Crippen LogP contribution in [-0.4, -0.2) is 36.7 Å². The number of carbonyl (C=O) groups excluding carboxylic acids is 1. The number of hydrogen-bond donors (Lipinski definition) is 1. The SMILES string of the molecule is O=C(OC1CC1)N1CCNCC1c1ccccc1. The number of benzene rings is 1. The molecule has 1 N–H and O–H groups in total. The Balaban J connectivity index is 1.74. The third-order valence-corrected chi connectivity index (χ3v) is 3.45. The van der Waals surface area contributed by atoms with Gasteiger partial charge in [0, 0.05) is 19.6 Å². The molecule has 3 rings (SSSR count). The summed E-state index contributed by atoms with van der Waals surface area (Å²) >= 11 is 0. The maximum atomic E-state index is 12.1. The third-order valence-electron chi connectivity index (χ3n) is 3.45. The molecule has 0 aromatic heterocycles. The number of ether oxygens (including phenoxy) is 1. The van der Waals surface area contributed by atoms with Crippen LogP contribution >= 0.6 is 0 Å². The van der Waals surface area contributed by atoms with E-state index in [1.54, 1.807) is 0 Å². The van der Waals surface area contributed by atoms with Crippen LogP contribution in [0.2, 0.25) is 0 Å². The summed E-state index contributed by atoms with van der Waals surface area (Å²) in [5, 5.41) is 3.34. The highest BCUT2D eigenvalue weighted by Crippen LogP contribution is 2.28. The topological polar surface area (TPSA) is 41.6 Å². The molecule has 2 fully saturated rings. The molecule has 1 amide bonds. The maximum Gasteiger partial charge on any atom is 0.410 e. The van der Waals surface area contributed by atoms with E-state index >= 15 is 0 Å². The summed E-state index contributed by atoms with van der Waals surface area (Å²) in [6.45, 7) is 2.35. The first-order valence-electron chi connectivity index (χ1n) is 6.57. The van der Waals surface area contributed by atoms with Crippen LogP contribution in [0.1, 0.15) is 24.4 Å². The Kier molecular flexibility index (Phi) is 3.19. The Hall–Kier alpha value is -1.55. The second-order valence-electron chi connectivity index (χ2n) is 4.91. The molecule has 1 aliphatic carbocycles. The summed E-state index contributed by atoms with van der Waals surface area (Å²) in [7, 11) is 0. The molecule has 1 unspecified atom stereocenters. The fourth-order valence-electron chi connectivity index (χ4n) is 2.29. The van der Waals surface area contributed by atoms with Gasteiger partial charge in [0.25, 0.3) is 0 Å². The molecule has 4 heteroatoms. The zero-order valence-corrected chi connectivity index (χ0v) is 10.3. The first kappa shape index (κ1) is 11.5. The van der Waals surface area contributed by atoms with Gasteiger partial charge in [-0.05, 0) is 18.4 Å². The number of carbonyl (C=O) groups is 1. The summed E-state index contributed by atoms with van der Waals surface area (Å²) in [6.07, 6.45) is 2.05. The molecule has 2 aliphatic rings. The quantitative estimate of drug-likeness (QED) is 0.867. The molecule has 1 atom stereocenters. The largest absolute Gasteiger partial charge is 0.446 e. The van der Waals surface area contributed by atoms with Crippen LogP contribution < -0.4 is 5.32 Å². The molecule has 1 saturated heterocycles. The molecule has 1 aromatic carbocycles. The van der Waals surface area contributed by atoms with Crippen molar-refractivity contribution in [3.63, 3.8) is 0 Å². The van der Waals surface area contributed by atoms with Gasteiger partial charge in [-0.3, -0.25) is 4.90 Å². The van der Waals surface area contributed by atoms with Crippen LogP contribution in [0.4, 0.5) is 4.79 Å². The Morgan fingerprint density at radius 3 is 2.78 bits per heavy atom. The zero-order valence-electron chi connectivity index (χ0n) is 10.3. The molecule has 1 heterocycles. The monoisotopic (exact) mass is 246 g/mol. The van der Waals surface area contributed by atoms with Crippen LogP contribution in [0.15, 0.2) is 30.3 Å². The second-order valence-corrected chi connectivity index (χ2v) is 4.91. The number of rotatable bonds is 2. The van der Waals surface area contributed by atoms with E-state index in [-0.39, 0.29) is 18.2 Å². The Labute approximate surface area is 107 Å². The Bertz CT molecular complexity index is 417. The highest BCUT2D eigenvalue weighted by atomic mass is 16.6. The van der Waals surface area contributed by atoms with Gasteiger partial charge in [0.05, 0.1) is 6.04 Å². The molecule has 1 saturated carbocycles. The Morgan fingerprint density at radius 2 is 2.06 bits per heavy atom. The molecule has 0 bridgehead atoms. The van der Waals surface area contributed by atoms with Gasteiger partial charge in [0.15, 0.2) is 0 Å². The number of hydrogen-bond acceptors (Lipinski definition) is 3. The minimum absolute atomic E-state index is 0.0891. The highest BCUT2D eigenvalue weighted by molar-refractivity contribution is 5.69. The van der Waals surface area contributed by atoms with Gasteiger partial charge in [-0.1, -0.05) is 30.3 Å². The number of nitrogens with zero attached hydrogens (tertiary/aromatic N) is 1. The second kappa shape index (κ2) is 4.98. The highest BCUT2D eigenvalue weighted by Gasteiger charge is 2.33.